The molecule has 0 unspecified atom stereocenters. The molecule has 0 heterocycles. The largest absolute Gasteiger partial charge is 0.493 e. The molecule has 0 radical (unpaired) electrons. The molecule has 0 aliphatic heterocycles. The standard InChI is InChI=1S/C16H17F2NO4S/c1-19(10-11-4-6-13(17)14(18)8-11)24(20,21)12-5-7-15(22-2)16(9-12)23-3/h4-9H,10H2,1-3H3. The van der Waals surface area contributed by atoms with Gasteiger partial charge in [0.05, 0.1) is 19.1 Å². The number of sulfonamides is 1. The van der Waals surface area contributed by atoms with E-state index in [2.05, 4.69) is 0 Å². The molecule has 130 valence electrons. The van der Waals surface area contributed by atoms with E-state index in [1.807, 2.05) is 0 Å². The van der Waals surface area contributed by atoms with Gasteiger partial charge in [-0.05, 0) is 29.8 Å². The molecule has 0 N–H and O–H groups in total. The van der Waals surface area contributed by atoms with E-state index in [1.54, 1.807) is 0 Å². The monoisotopic (exact) mass is 357 g/mol. The average molecular weight is 357 g/mol. The van der Waals surface area contributed by atoms with Crippen LogP contribution in [0.2, 0.25) is 0 Å². The smallest absolute Gasteiger partial charge is 0.243 e. The van der Waals surface area contributed by atoms with Crippen LogP contribution in [0.5, 0.6) is 11.5 Å². The van der Waals surface area contributed by atoms with Crippen LogP contribution < -0.4 is 9.47 Å². The maximum Gasteiger partial charge on any atom is 0.243 e. The summed E-state index contributed by atoms with van der Waals surface area (Å²) in [4.78, 5) is 0.00485. The summed E-state index contributed by atoms with van der Waals surface area (Å²) in [7, 11) is 0.366. The van der Waals surface area contributed by atoms with E-state index in [-0.39, 0.29) is 17.2 Å². The van der Waals surface area contributed by atoms with Crippen LogP contribution in [0, 0.1) is 11.6 Å². The number of halogens is 2. The van der Waals surface area contributed by atoms with Gasteiger partial charge in [0.1, 0.15) is 0 Å². The first-order valence-corrected chi connectivity index (χ1v) is 8.36. The Hall–Kier alpha value is -2.19. The van der Waals surface area contributed by atoms with E-state index in [0.29, 0.717) is 11.3 Å². The summed E-state index contributed by atoms with van der Waals surface area (Å²) >= 11 is 0. The molecule has 0 spiro atoms. The summed E-state index contributed by atoms with van der Waals surface area (Å²) in [5.41, 5.74) is 0.334. The molecule has 24 heavy (non-hydrogen) atoms. The molecule has 2 rings (SSSR count). The van der Waals surface area contributed by atoms with Crippen molar-refractivity contribution >= 4 is 10.0 Å². The molecule has 5 nitrogen and oxygen atoms in total. The zero-order valence-corrected chi connectivity index (χ0v) is 14.2. The van der Waals surface area contributed by atoms with Gasteiger partial charge >= 0.3 is 0 Å². The van der Waals surface area contributed by atoms with Gasteiger partial charge in [0.15, 0.2) is 23.1 Å². The first-order valence-electron chi connectivity index (χ1n) is 6.92. The molecular weight excluding hydrogens is 340 g/mol. The fourth-order valence-corrected chi connectivity index (χ4v) is 3.31. The Labute approximate surface area is 139 Å². The highest BCUT2D eigenvalue weighted by Crippen LogP contribution is 2.30. The van der Waals surface area contributed by atoms with E-state index in [4.69, 9.17) is 9.47 Å². The fraction of sp³-hybridized carbons (Fsp3) is 0.250. The molecule has 0 aliphatic carbocycles. The molecule has 0 saturated carbocycles. The Morgan fingerprint density at radius 3 is 2.21 bits per heavy atom. The minimum Gasteiger partial charge on any atom is -0.493 e. The SMILES string of the molecule is COc1ccc(S(=O)(=O)N(C)Cc2ccc(F)c(F)c2)cc1OC. The number of nitrogens with zero attached hydrogens (tertiary/aromatic N) is 1. The van der Waals surface area contributed by atoms with E-state index in [1.165, 1.54) is 45.5 Å². The molecule has 2 aromatic carbocycles. The first kappa shape index (κ1) is 18.2. The quantitative estimate of drug-likeness (QED) is 0.798. The van der Waals surface area contributed by atoms with Gasteiger partial charge in [-0.2, -0.15) is 4.31 Å². The van der Waals surface area contributed by atoms with Crippen LogP contribution in [0.4, 0.5) is 8.78 Å². The Balaban J connectivity index is 2.30. The second-order valence-corrected chi connectivity index (χ2v) is 7.07. The topological polar surface area (TPSA) is 55.8 Å². The number of hydrogen-bond acceptors (Lipinski definition) is 4. The minimum absolute atomic E-state index is 0.00485. The Morgan fingerprint density at radius 2 is 1.62 bits per heavy atom. The second kappa shape index (κ2) is 7.14. The van der Waals surface area contributed by atoms with E-state index >= 15 is 0 Å². The third kappa shape index (κ3) is 3.65. The number of rotatable bonds is 6. The summed E-state index contributed by atoms with van der Waals surface area (Å²) in [6.45, 7) is -0.103. The molecule has 0 bridgehead atoms. The lowest BCUT2D eigenvalue weighted by Gasteiger charge is -2.18. The Kier molecular flexibility index (Phi) is 5.40. The molecular formula is C16H17F2NO4S. The number of ether oxygens (including phenoxy) is 2. The van der Waals surface area contributed by atoms with E-state index in [9.17, 15) is 17.2 Å². The highest BCUT2D eigenvalue weighted by atomic mass is 32.2. The van der Waals surface area contributed by atoms with Crippen molar-refractivity contribution in [3.8, 4) is 11.5 Å². The predicted molar refractivity (Wildman–Crippen MR) is 84.6 cm³/mol. The van der Waals surface area contributed by atoms with Crippen LogP contribution in [0.3, 0.4) is 0 Å². The van der Waals surface area contributed by atoms with Crippen molar-refractivity contribution in [2.24, 2.45) is 0 Å². The summed E-state index contributed by atoms with van der Waals surface area (Å²) in [6.07, 6.45) is 0. The Bertz CT molecular complexity index is 840. The van der Waals surface area contributed by atoms with E-state index < -0.39 is 21.7 Å². The van der Waals surface area contributed by atoms with Crippen LogP contribution in [0.15, 0.2) is 41.3 Å². The summed E-state index contributed by atoms with van der Waals surface area (Å²) in [6, 6.07) is 7.47. The lowest BCUT2D eigenvalue weighted by atomic mass is 10.2. The number of hydrogen-bond donors (Lipinski definition) is 0. The van der Waals surface area contributed by atoms with Crippen LogP contribution >= 0.6 is 0 Å². The fourth-order valence-electron chi connectivity index (χ4n) is 2.14. The second-order valence-electron chi connectivity index (χ2n) is 5.03. The van der Waals surface area contributed by atoms with Gasteiger partial charge in [0.25, 0.3) is 0 Å². The zero-order chi connectivity index (χ0) is 17.9. The average Bonchev–Trinajstić information content (AvgIpc) is 2.57. The van der Waals surface area contributed by atoms with Crippen molar-refractivity contribution in [3.05, 3.63) is 53.6 Å². The number of benzene rings is 2. The van der Waals surface area contributed by atoms with Crippen molar-refractivity contribution in [1.29, 1.82) is 0 Å². The zero-order valence-electron chi connectivity index (χ0n) is 13.4. The van der Waals surface area contributed by atoms with Gasteiger partial charge in [-0.1, -0.05) is 6.07 Å². The molecule has 0 atom stereocenters. The normalized spacial score (nSPS) is 11.6. The summed E-state index contributed by atoms with van der Waals surface area (Å²) in [5.74, 6) is -1.33. The molecule has 0 fully saturated rings. The van der Waals surface area contributed by atoms with E-state index in [0.717, 1.165) is 16.4 Å². The number of methoxy groups -OCH3 is 2. The molecule has 2 aromatic rings. The van der Waals surface area contributed by atoms with Crippen molar-refractivity contribution in [1.82, 2.24) is 4.31 Å². The summed E-state index contributed by atoms with van der Waals surface area (Å²) in [5, 5.41) is 0. The van der Waals surface area contributed by atoms with Crippen molar-refractivity contribution in [3.63, 3.8) is 0 Å². The predicted octanol–water partition coefficient (Wildman–Crippen LogP) is 2.80. The third-order valence-corrected chi connectivity index (χ3v) is 5.25. The van der Waals surface area contributed by atoms with Gasteiger partial charge in [0, 0.05) is 19.7 Å². The maximum atomic E-state index is 13.3. The van der Waals surface area contributed by atoms with Crippen molar-refractivity contribution in [2.75, 3.05) is 21.3 Å². The van der Waals surface area contributed by atoms with Crippen LogP contribution in [-0.4, -0.2) is 34.0 Å². The highest BCUT2D eigenvalue weighted by molar-refractivity contribution is 7.89. The lowest BCUT2D eigenvalue weighted by Crippen LogP contribution is -2.26. The van der Waals surface area contributed by atoms with Gasteiger partial charge in [-0.15, -0.1) is 0 Å². The highest BCUT2D eigenvalue weighted by Gasteiger charge is 2.23. The van der Waals surface area contributed by atoms with Crippen LogP contribution in [0.25, 0.3) is 0 Å². The van der Waals surface area contributed by atoms with Crippen LogP contribution in [0.1, 0.15) is 5.56 Å². The lowest BCUT2D eigenvalue weighted by molar-refractivity contribution is 0.353. The molecule has 0 amide bonds. The minimum atomic E-state index is -3.84. The van der Waals surface area contributed by atoms with Crippen molar-refractivity contribution < 1.29 is 26.7 Å². The van der Waals surface area contributed by atoms with Gasteiger partial charge in [-0.3, -0.25) is 0 Å². The van der Waals surface area contributed by atoms with Crippen molar-refractivity contribution in [2.45, 2.75) is 11.4 Å². The van der Waals surface area contributed by atoms with Gasteiger partial charge in [0.2, 0.25) is 10.0 Å². The summed E-state index contributed by atoms with van der Waals surface area (Å²) < 4.78 is 62.7. The molecule has 8 heteroatoms. The van der Waals surface area contributed by atoms with Crippen LogP contribution in [-0.2, 0) is 16.6 Å². The first-order chi connectivity index (χ1) is 11.3. The molecule has 0 aliphatic rings. The Morgan fingerprint density at radius 1 is 0.958 bits per heavy atom. The molecule has 0 saturated heterocycles. The third-order valence-electron chi connectivity index (χ3n) is 3.45. The maximum absolute atomic E-state index is 13.3. The van der Waals surface area contributed by atoms with Gasteiger partial charge in [-0.25, -0.2) is 17.2 Å². The van der Waals surface area contributed by atoms with Gasteiger partial charge < -0.3 is 9.47 Å². The molecule has 0 aromatic heterocycles.